The fourth-order valence-electron chi connectivity index (χ4n) is 2.99. The molecular weight excluding hydrogens is 388 g/mol. The van der Waals surface area contributed by atoms with Crippen molar-refractivity contribution >= 4 is 45.6 Å². The first-order chi connectivity index (χ1) is 15.0. The second-order valence-electron chi connectivity index (χ2n) is 7.06. The first-order valence-corrected chi connectivity index (χ1v) is 9.64. The topological polar surface area (TPSA) is 132 Å². The van der Waals surface area contributed by atoms with E-state index in [-0.39, 0.29) is 5.78 Å². The molecule has 31 heavy (non-hydrogen) atoms. The molecule has 0 bridgehead atoms. The zero-order valence-electron chi connectivity index (χ0n) is 16.7. The Morgan fingerprint density at radius 2 is 1.03 bits per heavy atom. The third-order valence-corrected chi connectivity index (χ3v) is 4.62. The molecule has 3 aromatic rings. The molecule has 0 aromatic heterocycles. The van der Waals surface area contributed by atoms with Crippen molar-refractivity contribution in [2.75, 3.05) is 27.8 Å². The van der Waals surface area contributed by atoms with Gasteiger partial charge in [0.15, 0.2) is 0 Å². The van der Waals surface area contributed by atoms with E-state index in [4.69, 9.17) is 22.2 Å². The number of nitrogens with two attached hydrogens (primary N) is 3. The van der Waals surface area contributed by atoms with Crippen molar-refractivity contribution in [3.8, 4) is 0 Å². The number of aliphatic imine (C=N–C) groups is 1. The zero-order chi connectivity index (χ0) is 21.8. The summed E-state index contributed by atoms with van der Waals surface area (Å²) in [5, 5.41) is 6.39. The highest BCUT2D eigenvalue weighted by atomic mass is 16.1. The number of nitrogen functional groups attached to an aromatic ring is 3. The summed E-state index contributed by atoms with van der Waals surface area (Å²) < 4.78 is 0. The lowest BCUT2D eigenvalue weighted by Crippen LogP contribution is -2.22. The van der Waals surface area contributed by atoms with Gasteiger partial charge in [-0.3, -0.25) is 4.79 Å². The van der Waals surface area contributed by atoms with Gasteiger partial charge in [-0.15, -0.1) is 0 Å². The number of hydrogen-bond donors (Lipinski definition) is 5. The number of nitrogens with zero attached hydrogens (tertiary/aromatic N) is 1. The molecule has 0 amide bonds. The van der Waals surface area contributed by atoms with Crippen molar-refractivity contribution in [3.05, 3.63) is 96.3 Å². The minimum atomic E-state index is -0.175. The molecule has 8 N–H and O–H groups in total. The third-order valence-electron chi connectivity index (χ3n) is 4.62. The molecule has 0 heterocycles. The van der Waals surface area contributed by atoms with E-state index in [1.165, 1.54) is 6.08 Å². The molecule has 0 unspecified atom stereocenters. The average molecular weight is 410 g/mol. The van der Waals surface area contributed by atoms with Gasteiger partial charge < -0.3 is 27.8 Å². The van der Waals surface area contributed by atoms with E-state index in [9.17, 15) is 4.79 Å². The van der Waals surface area contributed by atoms with Crippen LogP contribution < -0.4 is 27.8 Å². The Balaban J connectivity index is 1.68. The summed E-state index contributed by atoms with van der Waals surface area (Å²) >= 11 is 0. The average Bonchev–Trinajstić information content (AvgIpc) is 2.76. The van der Waals surface area contributed by atoms with Crippen molar-refractivity contribution in [3.63, 3.8) is 0 Å². The molecule has 0 fully saturated rings. The standard InChI is InChI=1S/C24H22N6O/c25-15-1-7-18(8-2-15)28-21-13-23(30-20-11-5-17(27)6-12-20)24(31)14-22(21)29-19-9-3-16(26)4-10-19/h1-14,29-30H,25-27H2/b28-21-. The fourth-order valence-corrected chi connectivity index (χ4v) is 2.99. The van der Waals surface area contributed by atoms with Gasteiger partial charge in [0, 0.05) is 34.5 Å². The number of benzene rings is 3. The molecule has 0 saturated carbocycles. The molecular formula is C24H22N6O. The molecule has 1 aliphatic carbocycles. The molecule has 7 heteroatoms. The summed E-state index contributed by atoms with van der Waals surface area (Å²) in [6.45, 7) is 0. The van der Waals surface area contributed by atoms with Crippen LogP contribution in [0.2, 0.25) is 0 Å². The Morgan fingerprint density at radius 1 is 0.581 bits per heavy atom. The van der Waals surface area contributed by atoms with E-state index in [1.54, 1.807) is 42.5 Å². The molecule has 0 radical (unpaired) electrons. The van der Waals surface area contributed by atoms with Crippen LogP contribution in [0, 0.1) is 0 Å². The lowest BCUT2D eigenvalue weighted by Gasteiger charge is -2.18. The van der Waals surface area contributed by atoms with Gasteiger partial charge in [0.1, 0.15) is 0 Å². The van der Waals surface area contributed by atoms with Crippen LogP contribution >= 0.6 is 0 Å². The van der Waals surface area contributed by atoms with Crippen LogP contribution in [0.1, 0.15) is 0 Å². The number of rotatable bonds is 5. The first-order valence-electron chi connectivity index (χ1n) is 9.64. The van der Waals surface area contributed by atoms with Gasteiger partial charge in [-0.2, -0.15) is 0 Å². The number of hydrogen-bond acceptors (Lipinski definition) is 7. The molecule has 3 aromatic carbocycles. The quantitative estimate of drug-likeness (QED) is 0.318. The number of anilines is 5. The van der Waals surface area contributed by atoms with Gasteiger partial charge >= 0.3 is 0 Å². The van der Waals surface area contributed by atoms with E-state index >= 15 is 0 Å². The number of nitrogens with one attached hydrogen (secondary N) is 2. The molecule has 4 rings (SSSR count). The van der Waals surface area contributed by atoms with Crippen LogP contribution in [0.25, 0.3) is 0 Å². The molecule has 0 saturated heterocycles. The molecule has 0 aliphatic heterocycles. The Kier molecular flexibility index (Phi) is 5.40. The second kappa shape index (κ2) is 8.46. The lowest BCUT2D eigenvalue weighted by atomic mass is 10.0. The van der Waals surface area contributed by atoms with E-state index in [0.29, 0.717) is 39.9 Å². The highest BCUT2D eigenvalue weighted by Gasteiger charge is 2.20. The maximum absolute atomic E-state index is 12.8. The second-order valence-corrected chi connectivity index (χ2v) is 7.06. The van der Waals surface area contributed by atoms with Crippen molar-refractivity contribution < 1.29 is 4.79 Å². The summed E-state index contributed by atoms with van der Waals surface area (Å²) in [5.74, 6) is -0.175. The SMILES string of the molecule is Nc1ccc(/N=C2/C=C(Nc3ccc(N)cc3)C(=O)C=C2Nc2ccc(N)cc2)cc1. The predicted molar refractivity (Wildman–Crippen MR) is 128 cm³/mol. The fraction of sp³-hybridized carbons (Fsp3) is 0. The predicted octanol–water partition coefficient (Wildman–Crippen LogP) is 4.08. The van der Waals surface area contributed by atoms with Gasteiger partial charge in [0.2, 0.25) is 5.78 Å². The number of carbonyl (C=O) groups excluding carboxylic acids is 1. The van der Waals surface area contributed by atoms with Gasteiger partial charge in [-0.25, -0.2) is 4.99 Å². The normalized spacial score (nSPS) is 14.7. The summed E-state index contributed by atoms with van der Waals surface area (Å²) in [4.78, 5) is 17.5. The summed E-state index contributed by atoms with van der Waals surface area (Å²) in [6.07, 6.45) is 3.24. The van der Waals surface area contributed by atoms with Gasteiger partial charge in [0.25, 0.3) is 0 Å². The number of allylic oxidation sites excluding steroid dienone is 2. The molecule has 0 atom stereocenters. The zero-order valence-corrected chi connectivity index (χ0v) is 16.7. The van der Waals surface area contributed by atoms with Gasteiger partial charge in [-0.05, 0) is 78.9 Å². The largest absolute Gasteiger partial charge is 0.399 e. The molecule has 0 spiro atoms. The first kappa shape index (κ1) is 19.8. The molecule has 1 aliphatic rings. The van der Waals surface area contributed by atoms with Crippen LogP contribution in [0.5, 0.6) is 0 Å². The van der Waals surface area contributed by atoms with Crippen LogP contribution in [-0.4, -0.2) is 11.5 Å². The maximum atomic E-state index is 12.8. The highest BCUT2D eigenvalue weighted by molar-refractivity contribution is 6.24. The monoisotopic (exact) mass is 410 g/mol. The Morgan fingerprint density at radius 3 is 1.55 bits per heavy atom. The Hall–Kier alpha value is -4.52. The van der Waals surface area contributed by atoms with Gasteiger partial charge in [0.05, 0.1) is 22.8 Å². The van der Waals surface area contributed by atoms with E-state index in [2.05, 4.69) is 10.6 Å². The molecule has 154 valence electrons. The van der Waals surface area contributed by atoms with Crippen molar-refractivity contribution in [1.29, 1.82) is 0 Å². The summed E-state index contributed by atoms with van der Waals surface area (Å²) in [5.41, 5.74) is 23.1. The van der Waals surface area contributed by atoms with Crippen molar-refractivity contribution in [2.24, 2.45) is 4.99 Å². The highest BCUT2D eigenvalue weighted by Crippen LogP contribution is 2.23. The smallest absolute Gasteiger partial charge is 0.204 e. The minimum absolute atomic E-state index is 0.175. The Bertz CT molecular complexity index is 1190. The Labute approximate surface area is 180 Å². The van der Waals surface area contributed by atoms with Gasteiger partial charge in [-0.1, -0.05) is 0 Å². The van der Waals surface area contributed by atoms with Crippen molar-refractivity contribution in [2.45, 2.75) is 0 Å². The van der Waals surface area contributed by atoms with Crippen LogP contribution in [-0.2, 0) is 4.79 Å². The summed E-state index contributed by atoms with van der Waals surface area (Å²) in [7, 11) is 0. The van der Waals surface area contributed by atoms with Crippen LogP contribution in [0.3, 0.4) is 0 Å². The van der Waals surface area contributed by atoms with Crippen LogP contribution in [0.4, 0.5) is 34.1 Å². The minimum Gasteiger partial charge on any atom is -0.399 e. The number of carbonyl (C=O) groups is 1. The maximum Gasteiger partial charge on any atom is 0.204 e. The van der Waals surface area contributed by atoms with E-state index in [1.807, 2.05) is 36.4 Å². The third kappa shape index (κ3) is 4.91. The summed E-state index contributed by atoms with van der Waals surface area (Å²) in [6, 6.07) is 21.6. The molecule has 7 nitrogen and oxygen atoms in total. The lowest BCUT2D eigenvalue weighted by molar-refractivity contribution is -0.111. The number of ketones is 1. The van der Waals surface area contributed by atoms with E-state index in [0.717, 1.165) is 11.4 Å². The van der Waals surface area contributed by atoms with E-state index < -0.39 is 0 Å². The van der Waals surface area contributed by atoms with Crippen molar-refractivity contribution in [1.82, 2.24) is 0 Å². The van der Waals surface area contributed by atoms with Crippen LogP contribution in [0.15, 0.2) is 101 Å².